The molecule has 146 valence electrons. The quantitative estimate of drug-likeness (QED) is 0.482. The molecule has 6 nitrogen and oxygen atoms in total. The van der Waals surface area contributed by atoms with Crippen molar-refractivity contribution >= 4 is 17.5 Å². The van der Waals surface area contributed by atoms with E-state index in [2.05, 4.69) is 0 Å². The fourth-order valence-corrected chi connectivity index (χ4v) is 3.68. The summed E-state index contributed by atoms with van der Waals surface area (Å²) in [6, 6.07) is 23.8. The first kappa shape index (κ1) is 17.9. The predicted octanol–water partition coefficient (Wildman–Crippen LogP) is 4.35. The van der Waals surface area contributed by atoms with Crippen LogP contribution in [0.2, 0.25) is 0 Å². The van der Waals surface area contributed by atoms with Crippen LogP contribution in [0.5, 0.6) is 5.75 Å². The maximum atomic E-state index is 13.1. The molecular formula is C24H17N3O3. The topological polar surface area (TPSA) is 64.4 Å². The first-order chi connectivity index (χ1) is 14.7. The number of hydrogen-bond acceptors (Lipinski definition) is 4. The molecule has 1 aliphatic rings. The summed E-state index contributed by atoms with van der Waals surface area (Å²) in [5.41, 5.74) is 3.19. The number of methoxy groups -OCH3 is 1. The molecular weight excluding hydrogens is 378 g/mol. The minimum atomic E-state index is -0.362. The van der Waals surface area contributed by atoms with Crippen LogP contribution in [0.4, 0.5) is 5.69 Å². The molecule has 6 heteroatoms. The standard InChI is InChI=1S/C24H17N3O3/c1-30-21-14-8-7-13-19(21)22-20(15-26(25-22)16-9-3-2-4-10-16)27-23(28)17-11-5-6-12-18(17)24(27)29/h2-15H,1H3. The van der Waals surface area contributed by atoms with E-state index in [1.807, 2.05) is 54.6 Å². The van der Waals surface area contributed by atoms with Crippen molar-refractivity contribution in [3.8, 4) is 22.7 Å². The molecule has 30 heavy (non-hydrogen) atoms. The molecule has 4 aromatic rings. The van der Waals surface area contributed by atoms with Crippen LogP contribution in [0.15, 0.2) is 85.1 Å². The molecule has 0 unspecified atom stereocenters. The normalized spacial score (nSPS) is 12.9. The van der Waals surface area contributed by atoms with Gasteiger partial charge in [0.2, 0.25) is 0 Å². The molecule has 2 heterocycles. The van der Waals surface area contributed by atoms with E-state index in [4.69, 9.17) is 9.84 Å². The van der Waals surface area contributed by atoms with Gasteiger partial charge in [0.25, 0.3) is 11.8 Å². The highest BCUT2D eigenvalue weighted by Crippen LogP contribution is 2.39. The Kier molecular flexibility index (Phi) is 4.17. The Labute approximate surface area is 172 Å². The first-order valence-corrected chi connectivity index (χ1v) is 9.45. The molecule has 0 aliphatic carbocycles. The molecule has 0 spiro atoms. The Hall–Kier alpha value is -4.19. The van der Waals surface area contributed by atoms with Gasteiger partial charge in [0, 0.05) is 5.56 Å². The number of imide groups is 1. The van der Waals surface area contributed by atoms with Gasteiger partial charge in [0.15, 0.2) is 0 Å². The molecule has 0 saturated carbocycles. The minimum Gasteiger partial charge on any atom is -0.496 e. The van der Waals surface area contributed by atoms with E-state index in [-0.39, 0.29) is 11.8 Å². The van der Waals surface area contributed by atoms with Crippen molar-refractivity contribution in [3.05, 3.63) is 96.2 Å². The SMILES string of the molecule is COc1ccccc1-c1nn(-c2ccccc2)cc1N1C(=O)c2ccccc2C1=O. The maximum Gasteiger partial charge on any atom is 0.266 e. The third kappa shape index (κ3) is 2.69. The number of carbonyl (C=O) groups is 2. The van der Waals surface area contributed by atoms with Crippen molar-refractivity contribution in [2.75, 3.05) is 12.0 Å². The number of ether oxygens (including phenoxy) is 1. The summed E-state index contributed by atoms with van der Waals surface area (Å²) in [4.78, 5) is 27.4. The van der Waals surface area contributed by atoms with E-state index in [1.165, 1.54) is 4.90 Å². The van der Waals surface area contributed by atoms with Gasteiger partial charge in [0.05, 0.1) is 35.8 Å². The van der Waals surface area contributed by atoms with Gasteiger partial charge in [-0.2, -0.15) is 5.10 Å². The van der Waals surface area contributed by atoms with E-state index < -0.39 is 0 Å². The van der Waals surface area contributed by atoms with Gasteiger partial charge in [-0.25, -0.2) is 9.58 Å². The summed E-state index contributed by atoms with van der Waals surface area (Å²) in [5, 5.41) is 4.73. The van der Waals surface area contributed by atoms with E-state index in [0.717, 1.165) is 5.69 Å². The molecule has 0 radical (unpaired) electrons. The Morgan fingerprint density at radius 2 is 1.30 bits per heavy atom. The summed E-state index contributed by atoms with van der Waals surface area (Å²) < 4.78 is 7.18. The molecule has 0 saturated heterocycles. The Balaban J connectivity index is 1.73. The zero-order chi connectivity index (χ0) is 20.7. The van der Waals surface area contributed by atoms with Crippen molar-refractivity contribution < 1.29 is 14.3 Å². The van der Waals surface area contributed by atoms with Gasteiger partial charge >= 0.3 is 0 Å². The van der Waals surface area contributed by atoms with Crippen LogP contribution < -0.4 is 9.64 Å². The highest BCUT2D eigenvalue weighted by atomic mass is 16.5. The number of aromatic nitrogens is 2. The van der Waals surface area contributed by atoms with Crippen molar-refractivity contribution in [2.45, 2.75) is 0 Å². The van der Waals surface area contributed by atoms with Gasteiger partial charge < -0.3 is 4.74 Å². The molecule has 0 fully saturated rings. The van der Waals surface area contributed by atoms with Crippen LogP contribution >= 0.6 is 0 Å². The maximum absolute atomic E-state index is 13.1. The molecule has 5 rings (SSSR count). The van der Waals surface area contributed by atoms with Crippen LogP contribution in [0, 0.1) is 0 Å². The Bertz CT molecular complexity index is 1240. The Morgan fingerprint density at radius 1 is 0.733 bits per heavy atom. The summed E-state index contributed by atoms with van der Waals surface area (Å²) in [5.74, 6) is -0.118. The fourth-order valence-electron chi connectivity index (χ4n) is 3.68. The molecule has 3 aromatic carbocycles. The van der Waals surface area contributed by atoms with Crippen LogP contribution in [0.25, 0.3) is 16.9 Å². The van der Waals surface area contributed by atoms with Gasteiger partial charge in [-0.3, -0.25) is 9.59 Å². The summed E-state index contributed by atoms with van der Waals surface area (Å²) in [7, 11) is 1.58. The number of benzene rings is 3. The van der Waals surface area contributed by atoms with Crippen LogP contribution in [0.3, 0.4) is 0 Å². The largest absolute Gasteiger partial charge is 0.496 e. The van der Waals surface area contributed by atoms with E-state index >= 15 is 0 Å². The number of rotatable bonds is 4. The van der Waals surface area contributed by atoms with Crippen molar-refractivity contribution in [1.82, 2.24) is 9.78 Å². The molecule has 0 N–H and O–H groups in total. The molecule has 1 aliphatic heterocycles. The van der Waals surface area contributed by atoms with Crippen molar-refractivity contribution in [2.24, 2.45) is 0 Å². The third-order valence-corrected chi connectivity index (χ3v) is 5.11. The van der Waals surface area contributed by atoms with E-state index in [1.54, 1.807) is 42.3 Å². The summed E-state index contributed by atoms with van der Waals surface area (Å²) in [6.07, 6.45) is 1.71. The number of nitrogens with zero attached hydrogens (tertiary/aromatic N) is 3. The second kappa shape index (κ2) is 7.00. The number of hydrogen-bond donors (Lipinski definition) is 0. The molecule has 2 amide bonds. The highest BCUT2D eigenvalue weighted by molar-refractivity contribution is 6.35. The number of carbonyl (C=O) groups excluding carboxylic acids is 2. The van der Waals surface area contributed by atoms with Crippen LogP contribution in [-0.2, 0) is 0 Å². The zero-order valence-electron chi connectivity index (χ0n) is 16.1. The van der Waals surface area contributed by atoms with Crippen molar-refractivity contribution in [3.63, 3.8) is 0 Å². The molecule has 0 atom stereocenters. The zero-order valence-corrected chi connectivity index (χ0v) is 16.1. The molecule has 0 bridgehead atoms. The Morgan fingerprint density at radius 3 is 1.93 bits per heavy atom. The average molecular weight is 395 g/mol. The molecule has 1 aromatic heterocycles. The minimum absolute atomic E-state index is 0.362. The van der Waals surface area contributed by atoms with Crippen LogP contribution in [0.1, 0.15) is 20.7 Å². The van der Waals surface area contributed by atoms with E-state index in [9.17, 15) is 9.59 Å². The van der Waals surface area contributed by atoms with Gasteiger partial charge in [-0.15, -0.1) is 0 Å². The fraction of sp³-hybridized carbons (Fsp3) is 0.0417. The summed E-state index contributed by atoms with van der Waals surface area (Å²) in [6.45, 7) is 0. The number of para-hydroxylation sites is 2. The second-order valence-corrected chi connectivity index (χ2v) is 6.83. The second-order valence-electron chi connectivity index (χ2n) is 6.83. The number of anilines is 1. The van der Waals surface area contributed by atoms with Crippen LogP contribution in [-0.4, -0.2) is 28.7 Å². The van der Waals surface area contributed by atoms with Crippen molar-refractivity contribution in [1.29, 1.82) is 0 Å². The van der Waals surface area contributed by atoms with Gasteiger partial charge in [-0.05, 0) is 36.4 Å². The average Bonchev–Trinajstić information content (AvgIpc) is 3.34. The lowest BCUT2D eigenvalue weighted by Crippen LogP contribution is -2.29. The highest BCUT2D eigenvalue weighted by Gasteiger charge is 2.39. The monoisotopic (exact) mass is 395 g/mol. The van der Waals surface area contributed by atoms with Gasteiger partial charge in [0.1, 0.15) is 11.4 Å². The number of amides is 2. The van der Waals surface area contributed by atoms with Gasteiger partial charge in [-0.1, -0.05) is 42.5 Å². The first-order valence-electron chi connectivity index (χ1n) is 9.45. The predicted molar refractivity (Wildman–Crippen MR) is 113 cm³/mol. The lowest BCUT2D eigenvalue weighted by molar-refractivity contribution is 0.0926. The lowest BCUT2D eigenvalue weighted by Gasteiger charge is -2.14. The summed E-state index contributed by atoms with van der Waals surface area (Å²) >= 11 is 0. The third-order valence-electron chi connectivity index (χ3n) is 5.11. The smallest absolute Gasteiger partial charge is 0.266 e. The lowest BCUT2D eigenvalue weighted by atomic mass is 10.1. The van der Waals surface area contributed by atoms with E-state index in [0.29, 0.717) is 33.8 Å². The number of fused-ring (bicyclic) bond motifs is 1.